The van der Waals surface area contributed by atoms with Crippen LogP contribution < -0.4 is 0 Å². The van der Waals surface area contributed by atoms with Crippen molar-refractivity contribution in [3.63, 3.8) is 0 Å². The molecule has 2 aromatic rings. The monoisotopic (exact) mass is 420 g/mol. The molecule has 0 N–H and O–H groups in total. The van der Waals surface area contributed by atoms with Gasteiger partial charge in [0.2, 0.25) is 0 Å². The molecule has 8 heteroatoms. The minimum Gasteiger partial charge on any atom is -0.464 e. The van der Waals surface area contributed by atoms with Crippen molar-refractivity contribution >= 4 is 29.0 Å². The van der Waals surface area contributed by atoms with Crippen LogP contribution in [0.3, 0.4) is 0 Å². The second-order valence-corrected chi connectivity index (χ2v) is 7.61. The Morgan fingerprint density at radius 2 is 1.97 bits per heavy atom. The second-order valence-electron chi connectivity index (χ2n) is 6.66. The van der Waals surface area contributed by atoms with E-state index in [1.165, 1.54) is 18.4 Å². The molecule has 2 aromatic heterocycles. The van der Waals surface area contributed by atoms with Crippen molar-refractivity contribution in [3.8, 4) is 0 Å². The van der Waals surface area contributed by atoms with Gasteiger partial charge in [-0.25, -0.2) is 4.79 Å². The lowest BCUT2D eigenvalue weighted by molar-refractivity contribution is 0.0588. The van der Waals surface area contributed by atoms with E-state index in [2.05, 4.69) is 0 Å². The molecule has 29 heavy (non-hydrogen) atoms. The third kappa shape index (κ3) is 5.13. The molecular weight excluding hydrogens is 392 g/mol. The lowest BCUT2D eigenvalue weighted by Gasteiger charge is -2.21. The molecule has 0 spiro atoms. The average Bonchev–Trinajstić information content (AvgIpc) is 3.31. The molecule has 0 saturated carbocycles. The Hall–Kier alpha value is -2.45. The first kappa shape index (κ1) is 22.8. The molecule has 0 bridgehead atoms. The summed E-state index contributed by atoms with van der Waals surface area (Å²) in [5.74, 6) is -0.869. The van der Waals surface area contributed by atoms with Gasteiger partial charge in [0.25, 0.3) is 5.91 Å². The fourth-order valence-corrected chi connectivity index (χ4v) is 4.03. The zero-order chi connectivity index (χ0) is 21.6. The number of hydrogen-bond acceptors (Lipinski definition) is 6. The van der Waals surface area contributed by atoms with Gasteiger partial charge >= 0.3 is 5.97 Å². The Morgan fingerprint density at radius 3 is 2.55 bits per heavy atom. The van der Waals surface area contributed by atoms with E-state index in [1.54, 1.807) is 36.4 Å². The van der Waals surface area contributed by atoms with E-state index < -0.39 is 5.97 Å². The van der Waals surface area contributed by atoms with Crippen LogP contribution in [0, 0.1) is 13.8 Å². The van der Waals surface area contributed by atoms with Crippen LogP contribution in [0.5, 0.6) is 0 Å². The number of Topliss-reactive ketones (excluding diaryl/α,β-unsaturated/α-hetero) is 1. The van der Waals surface area contributed by atoms with Gasteiger partial charge in [-0.1, -0.05) is 6.07 Å². The zero-order valence-electron chi connectivity index (χ0n) is 17.6. The maximum absolute atomic E-state index is 13.1. The molecule has 0 radical (unpaired) electrons. The Labute approximate surface area is 175 Å². The van der Waals surface area contributed by atoms with Crippen molar-refractivity contribution < 1.29 is 23.9 Å². The summed E-state index contributed by atoms with van der Waals surface area (Å²) in [5.41, 5.74) is 2.05. The molecule has 1 amide bonds. The number of rotatable bonds is 10. The van der Waals surface area contributed by atoms with Gasteiger partial charge in [0.1, 0.15) is 5.69 Å². The Bertz CT molecular complexity index is 870. The minimum atomic E-state index is -0.490. The molecule has 2 rings (SSSR count). The van der Waals surface area contributed by atoms with Crippen LogP contribution in [0.15, 0.2) is 17.5 Å². The molecule has 0 aliphatic heterocycles. The zero-order valence-corrected chi connectivity index (χ0v) is 18.4. The Balaban J connectivity index is 2.27. The van der Waals surface area contributed by atoms with Crippen molar-refractivity contribution in [1.82, 2.24) is 9.47 Å². The van der Waals surface area contributed by atoms with Gasteiger partial charge in [-0.2, -0.15) is 0 Å². The van der Waals surface area contributed by atoms with Gasteiger partial charge in [-0.3, -0.25) is 9.59 Å². The second kappa shape index (κ2) is 10.4. The molecule has 0 unspecified atom stereocenters. The van der Waals surface area contributed by atoms with Gasteiger partial charge in [-0.15, -0.1) is 11.3 Å². The summed E-state index contributed by atoms with van der Waals surface area (Å²) in [6.45, 7) is 6.91. The maximum Gasteiger partial charge on any atom is 0.354 e. The van der Waals surface area contributed by atoms with E-state index in [0.717, 1.165) is 0 Å². The molecule has 0 aliphatic carbocycles. The van der Waals surface area contributed by atoms with Crippen LogP contribution in [0.2, 0.25) is 0 Å². The molecule has 0 saturated heterocycles. The number of esters is 1. The molecule has 0 aliphatic rings. The molecule has 2 heterocycles. The van der Waals surface area contributed by atoms with E-state index >= 15 is 0 Å². The summed E-state index contributed by atoms with van der Waals surface area (Å²) in [7, 11) is 3.04. The number of thiophene rings is 1. The SMILES string of the molecule is CCOCCCN(CC(=O)c1c(C)c(C(=O)OC)n(C)c1C)C(=O)c1cccs1. The van der Waals surface area contributed by atoms with E-state index in [-0.39, 0.29) is 18.2 Å². The van der Waals surface area contributed by atoms with Crippen LogP contribution in [0.1, 0.15) is 55.1 Å². The van der Waals surface area contributed by atoms with Gasteiger partial charge in [0.15, 0.2) is 5.78 Å². The van der Waals surface area contributed by atoms with Gasteiger partial charge < -0.3 is 18.9 Å². The highest BCUT2D eigenvalue weighted by Crippen LogP contribution is 2.23. The van der Waals surface area contributed by atoms with Crippen molar-refractivity contribution in [2.75, 3.05) is 33.4 Å². The molecule has 7 nitrogen and oxygen atoms in total. The van der Waals surface area contributed by atoms with Crippen molar-refractivity contribution in [1.29, 1.82) is 0 Å². The van der Waals surface area contributed by atoms with E-state index in [4.69, 9.17) is 9.47 Å². The van der Waals surface area contributed by atoms with Crippen molar-refractivity contribution in [3.05, 3.63) is 44.9 Å². The molecule has 0 fully saturated rings. The number of nitrogens with zero attached hydrogens (tertiary/aromatic N) is 2. The number of carbonyl (C=O) groups excluding carboxylic acids is 3. The number of carbonyl (C=O) groups is 3. The number of methoxy groups -OCH3 is 1. The van der Waals surface area contributed by atoms with E-state index in [1.807, 2.05) is 18.4 Å². The van der Waals surface area contributed by atoms with Crippen LogP contribution in [-0.2, 0) is 16.5 Å². The van der Waals surface area contributed by atoms with Crippen LogP contribution in [0.4, 0.5) is 0 Å². The first-order chi connectivity index (χ1) is 13.8. The Morgan fingerprint density at radius 1 is 1.24 bits per heavy atom. The summed E-state index contributed by atoms with van der Waals surface area (Å²) < 4.78 is 11.9. The highest BCUT2D eigenvalue weighted by atomic mass is 32.1. The topological polar surface area (TPSA) is 77.8 Å². The summed E-state index contributed by atoms with van der Waals surface area (Å²) in [6, 6.07) is 3.56. The van der Waals surface area contributed by atoms with Crippen LogP contribution in [0.25, 0.3) is 0 Å². The lowest BCUT2D eigenvalue weighted by Crippen LogP contribution is -2.37. The number of amides is 1. The van der Waals surface area contributed by atoms with E-state index in [0.29, 0.717) is 53.6 Å². The third-order valence-corrected chi connectivity index (χ3v) is 5.72. The number of ketones is 1. The number of ether oxygens (including phenoxy) is 2. The fraction of sp³-hybridized carbons (Fsp3) is 0.476. The quantitative estimate of drug-likeness (QED) is 0.335. The lowest BCUT2D eigenvalue weighted by atomic mass is 10.0. The van der Waals surface area contributed by atoms with Crippen LogP contribution >= 0.6 is 11.3 Å². The molecule has 0 aromatic carbocycles. The summed E-state index contributed by atoms with van der Waals surface area (Å²) >= 11 is 1.35. The minimum absolute atomic E-state index is 0.0604. The number of hydrogen-bond donors (Lipinski definition) is 0. The number of aromatic nitrogens is 1. The Kier molecular flexibility index (Phi) is 8.16. The third-order valence-electron chi connectivity index (χ3n) is 4.86. The molecule has 0 atom stereocenters. The largest absolute Gasteiger partial charge is 0.464 e. The van der Waals surface area contributed by atoms with E-state index in [9.17, 15) is 14.4 Å². The highest BCUT2D eigenvalue weighted by molar-refractivity contribution is 7.12. The highest BCUT2D eigenvalue weighted by Gasteiger charge is 2.27. The molecule has 158 valence electrons. The van der Waals surface area contributed by atoms with Crippen molar-refractivity contribution in [2.24, 2.45) is 7.05 Å². The fourth-order valence-electron chi connectivity index (χ4n) is 3.34. The summed E-state index contributed by atoms with van der Waals surface area (Å²) in [4.78, 5) is 40.3. The van der Waals surface area contributed by atoms with Gasteiger partial charge in [-0.05, 0) is 44.2 Å². The predicted octanol–water partition coefficient (Wildman–Crippen LogP) is 3.24. The maximum atomic E-state index is 13.1. The van der Waals surface area contributed by atoms with Crippen LogP contribution in [-0.4, -0.2) is 60.5 Å². The predicted molar refractivity (Wildman–Crippen MR) is 112 cm³/mol. The first-order valence-corrected chi connectivity index (χ1v) is 10.4. The van der Waals surface area contributed by atoms with Crippen molar-refractivity contribution in [2.45, 2.75) is 27.2 Å². The normalized spacial score (nSPS) is 10.8. The molecular formula is C21H28N2O5S. The standard InChI is InChI=1S/C21H28N2O5S/c1-6-28-11-8-10-23(20(25)17-9-7-12-29-17)13-16(24)18-14(2)19(21(26)27-5)22(4)15(18)3/h7,9,12H,6,8,10-11,13H2,1-5H3. The first-order valence-electron chi connectivity index (χ1n) is 9.51. The average molecular weight is 421 g/mol. The smallest absolute Gasteiger partial charge is 0.354 e. The van der Waals surface area contributed by atoms with Gasteiger partial charge in [0.05, 0.1) is 18.5 Å². The summed E-state index contributed by atoms with van der Waals surface area (Å²) in [6.07, 6.45) is 0.637. The van der Waals surface area contributed by atoms with Gasteiger partial charge in [0, 0.05) is 38.1 Å². The summed E-state index contributed by atoms with van der Waals surface area (Å²) in [5, 5.41) is 1.83.